The maximum absolute atomic E-state index is 13.6. The van der Waals surface area contributed by atoms with Gasteiger partial charge in [0.05, 0.1) is 5.02 Å². The summed E-state index contributed by atoms with van der Waals surface area (Å²) in [5, 5.41) is 0.00239. The van der Waals surface area contributed by atoms with Crippen LogP contribution in [0, 0.1) is 12.7 Å². The van der Waals surface area contributed by atoms with Gasteiger partial charge in [0.1, 0.15) is 0 Å². The van der Waals surface area contributed by atoms with E-state index in [1.54, 1.807) is 12.3 Å². The smallest absolute Gasteiger partial charge is 0.221 e. The minimum absolute atomic E-state index is 0.00239. The average molecular weight is 253 g/mol. The van der Waals surface area contributed by atoms with Gasteiger partial charge in [-0.2, -0.15) is 0 Å². The zero-order valence-electron chi connectivity index (χ0n) is 9.08. The van der Waals surface area contributed by atoms with Crippen LogP contribution in [0.5, 0.6) is 11.6 Å². The fourth-order valence-electron chi connectivity index (χ4n) is 1.25. The summed E-state index contributed by atoms with van der Waals surface area (Å²) in [5.41, 5.74) is 7.08. The first kappa shape index (κ1) is 11.7. The first-order valence-electron chi connectivity index (χ1n) is 4.92. The molecular weight excluding hydrogens is 243 g/mol. The first-order valence-corrected chi connectivity index (χ1v) is 5.29. The Bertz CT molecular complexity index is 560. The highest BCUT2D eigenvalue weighted by Crippen LogP contribution is 2.28. The minimum atomic E-state index is -0.616. The second-order valence-corrected chi connectivity index (χ2v) is 3.94. The number of aryl methyl sites for hydroxylation is 1. The number of anilines is 1. The fourth-order valence-corrected chi connectivity index (χ4v) is 1.42. The summed E-state index contributed by atoms with van der Waals surface area (Å²) >= 11 is 5.64. The van der Waals surface area contributed by atoms with Crippen molar-refractivity contribution < 1.29 is 9.13 Å². The van der Waals surface area contributed by atoms with Crippen molar-refractivity contribution in [1.82, 2.24) is 4.98 Å². The van der Waals surface area contributed by atoms with Gasteiger partial charge >= 0.3 is 0 Å². The standard InChI is InChI=1S/C12H10ClFN2O/c1-7-6-16-11(5-9(7)15)17-10-4-2-3-8(13)12(10)14/h2-6H,1H3,(H2,15,16). The minimum Gasteiger partial charge on any atom is -0.436 e. The van der Waals surface area contributed by atoms with Crippen molar-refractivity contribution in [2.45, 2.75) is 6.92 Å². The molecule has 0 saturated carbocycles. The van der Waals surface area contributed by atoms with Crippen LogP contribution >= 0.6 is 11.6 Å². The predicted octanol–water partition coefficient (Wildman–Crippen LogP) is 3.56. The number of halogens is 2. The summed E-state index contributed by atoms with van der Waals surface area (Å²) in [7, 11) is 0. The van der Waals surface area contributed by atoms with E-state index in [0.717, 1.165) is 5.56 Å². The van der Waals surface area contributed by atoms with E-state index in [2.05, 4.69) is 4.98 Å². The monoisotopic (exact) mass is 252 g/mol. The van der Waals surface area contributed by atoms with E-state index < -0.39 is 5.82 Å². The zero-order valence-corrected chi connectivity index (χ0v) is 9.83. The van der Waals surface area contributed by atoms with Gasteiger partial charge in [0.2, 0.25) is 5.88 Å². The number of nitrogens with two attached hydrogens (primary N) is 1. The van der Waals surface area contributed by atoms with Gasteiger partial charge in [-0.3, -0.25) is 0 Å². The summed E-state index contributed by atoms with van der Waals surface area (Å²) in [5.74, 6) is -0.363. The molecule has 2 rings (SSSR count). The highest BCUT2D eigenvalue weighted by molar-refractivity contribution is 6.30. The van der Waals surface area contributed by atoms with Crippen LogP contribution in [-0.2, 0) is 0 Å². The van der Waals surface area contributed by atoms with Crippen LogP contribution in [0.3, 0.4) is 0 Å². The number of nitrogens with zero attached hydrogens (tertiary/aromatic N) is 1. The van der Waals surface area contributed by atoms with Crippen LogP contribution in [0.4, 0.5) is 10.1 Å². The number of aromatic nitrogens is 1. The van der Waals surface area contributed by atoms with Gasteiger partial charge in [0.25, 0.3) is 0 Å². The molecule has 0 aliphatic heterocycles. The Balaban J connectivity index is 2.31. The lowest BCUT2D eigenvalue weighted by molar-refractivity contribution is 0.428. The molecule has 1 aromatic carbocycles. The average Bonchev–Trinajstić information content (AvgIpc) is 2.30. The van der Waals surface area contributed by atoms with Crippen molar-refractivity contribution >= 4 is 17.3 Å². The topological polar surface area (TPSA) is 48.1 Å². The molecule has 3 nitrogen and oxygen atoms in total. The molecule has 0 aliphatic carbocycles. The molecule has 0 atom stereocenters. The molecule has 2 N–H and O–H groups in total. The number of rotatable bonds is 2. The molecule has 1 heterocycles. The summed E-state index contributed by atoms with van der Waals surface area (Å²) in [6.45, 7) is 1.83. The van der Waals surface area contributed by atoms with Crippen LogP contribution in [-0.4, -0.2) is 4.98 Å². The van der Waals surface area contributed by atoms with E-state index >= 15 is 0 Å². The number of hydrogen-bond donors (Lipinski definition) is 1. The molecule has 0 spiro atoms. The van der Waals surface area contributed by atoms with Crippen molar-refractivity contribution in [3.63, 3.8) is 0 Å². The SMILES string of the molecule is Cc1cnc(Oc2cccc(Cl)c2F)cc1N. The molecule has 0 saturated heterocycles. The van der Waals surface area contributed by atoms with Gasteiger partial charge in [-0.25, -0.2) is 9.37 Å². The molecule has 5 heteroatoms. The van der Waals surface area contributed by atoms with Gasteiger partial charge in [-0.05, 0) is 24.6 Å². The summed E-state index contributed by atoms with van der Waals surface area (Å²) in [6, 6.07) is 6.05. The molecule has 0 unspecified atom stereocenters. The number of benzene rings is 1. The molecule has 17 heavy (non-hydrogen) atoms. The van der Waals surface area contributed by atoms with Crippen molar-refractivity contribution in [2.75, 3.05) is 5.73 Å². The number of ether oxygens (including phenoxy) is 1. The molecule has 1 aromatic heterocycles. The first-order chi connectivity index (χ1) is 8.08. The van der Waals surface area contributed by atoms with Crippen molar-refractivity contribution in [2.24, 2.45) is 0 Å². The third kappa shape index (κ3) is 2.47. The molecule has 0 bridgehead atoms. The van der Waals surface area contributed by atoms with Crippen molar-refractivity contribution in [3.8, 4) is 11.6 Å². The highest BCUT2D eigenvalue weighted by atomic mass is 35.5. The molecule has 0 fully saturated rings. The zero-order chi connectivity index (χ0) is 12.4. The van der Waals surface area contributed by atoms with Crippen LogP contribution in [0.15, 0.2) is 30.5 Å². The number of nitrogen functional groups attached to an aromatic ring is 1. The largest absolute Gasteiger partial charge is 0.436 e. The molecule has 2 aromatic rings. The van der Waals surface area contributed by atoms with Crippen molar-refractivity contribution in [1.29, 1.82) is 0 Å². The Morgan fingerprint density at radius 3 is 2.88 bits per heavy atom. The van der Waals surface area contributed by atoms with Crippen LogP contribution < -0.4 is 10.5 Å². The van der Waals surface area contributed by atoms with Gasteiger partial charge < -0.3 is 10.5 Å². The Morgan fingerprint density at radius 1 is 1.41 bits per heavy atom. The van der Waals surface area contributed by atoms with Crippen LogP contribution in [0.2, 0.25) is 5.02 Å². The fraction of sp³-hybridized carbons (Fsp3) is 0.0833. The Morgan fingerprint density at radius 2 is 2.18 bits per heavy atom. The number of pyridine rings is 1. The maximum atomic E-state index is 13.6. The molecular formula is C12H10ClFN2O. The highest BCUT2D eigenvalue weighted by Gasteiger charge is 2.09. The third-order valence-corrected chi connectivity index (χ3v) is 2.54. The molecule has 0 radical (unpaired) electrons. The second kappa shape index (κ2) is 4.59. The van der Waals surface area contributed by atoms with Gasteiger partial charge in [-0.1, -0.05) is 17.7 Å². The van der Waals surface area contributed by atoms with Crippen LogP contribution in [0.25, 0.3) is 0 Å². The summed E-state index contributed by atoms with van der Waals surface area (Å²) in [4.78, 5) is 3.99. The lowest BCUT2D eigenvalue weighted by atomic mass is 10.3. The Labute approximate surface area is 103 Å². The van der Waals surface area contributed by atoms with Gasteiger partial charge in [-0.15, -0.1) is 0 Å². The summed E-state index contributed by atoms with van der Waals surface area (Å²) < 4.78 is 18.8. The molecule has 0 amide bonds. The predicted molar refractivity (Wildman–Crippen MR) is 64.9 cm³/mol. The van der Waals surface area contributed by atoms with E-state index in [0.29, 0.717) is 5.69 Å². The van der Waals surface area contributed by atoms with E-state index in [1.165, 1.54) is 18.2 Å². The summed E-state index contributed by atoms with van der Waals surface area (Å²) in [6.07, 6.45) is 1.56. The maximum Gasteiger partial charge on any atom is 0.221 e. The van der Waals surface area contributed by atoms with Gasteiger partial charge in [0, 0.05) is 18.0 Å². The lowest BCUT2D eigenvalue weighted by Gasteiger charge is -2.07. The van der Waals surface area contributed by atoms with E-state index in [4.69, 9.17) is 22.1 Å². The Hall–Kier alpha value is -1.81. The normalized spacial score (nSPS) is 10.3. The molecule has 88 valence electrons. The van der Waals surface area contributed by atoms with E-state index in [9.17, 15) is 4.39 Å². The van der Waals surface area contributed by atoms with Crippen LogP contribution in [0.1, 0.15) is 5.56 Å². The number of hydrogen-bond acceptors (Lipinski definition) is 3. The second-order valence-electron chi connectivity index (χ2n) is 3.53. The Kier molecular flexibility index (Phi) is 3.15. The molecule has 0 aliphatic rings. The quantitative estimate of drug-likeness (QED) is 0.889. The van der Waals surface area contributed by atoms with Crippen molar-refractivity contribution in [3.05, 3.63) is 46.9 Å². The lowest BCUT2D eigenvalue weighted by Crippen LogP contribution is -1.95. The van der Waals surface area contributed by atoms with E-state index in [1.807, 2.05) is 6.92 Å². The van der Waals surface area contributed by atoms with Gasteiger partial charge in [0.15, 0.2) is 11.6 Å². The third-order valence-electron chi connectivity index (χ3n) is 2.25. The van der Waals surface area contributed by atoms with E-state index in [-0.39, 0.29) is 16.7 Å².